The van der Waals surface area contributed by atoms with Gasteiger partial charge < -0.3 is 4.74 Å². The molecule has 3 aromatic carbocycles. The van der Waals surface area contributed by atoms with Crippen LogP contribution >= 0.6 is 0 Å². The highest BCUT2D eigenvalue weighted by Gasteiger charge is 2.34. The summed E-state index contributed by atoms with van der Waals surface area (Å²) in [6.07, 6.45) is 0. The molecule has 0 bridgehead atoms. The standard InChI is InChI=1S/C25H22N2O6S/c1-17-7-13-20(14-8-17)34(31,32)26(2)19-11-9-18(10-12-19)25(30)33-16-15-27-23(28)21-5-3-4-6-22(21)24(27)29/h3-14H,15-16H2,1-2H3. The summed E-state index contributed by atoms with van der Waals surface area (Å²) in [6.45, 7) is 1.65. The summed E-state index contributed by atoms with van der Waals surface area (Å²) in [5, 5.41) is 0. The molecule has 9 heteroatoms. The Kier molecular flexibility index (Phi) is 6.21. The summed E-state index contributed by atoms with van der Waals surface area (Å²) in [4.78, 5) is 38.3. The summed E-state index contributed by atoms with van der Waals surface area (Å²) in [7, 11) is -2.32. The van der Waals surface area contributed by atoms with Crippen molar-refractivity contribution in [2.75, 3.05) is 24.5 Å². The van der Waals surface area contributed by atoms with E-state index in [1.165, 1.54) is 31.3 Å². The third kappa shape index (κ3) is 4.29. The molecule has 174 valence electrons. The van der Waals surface area contributed by atoms with Gasteiger partial charge in [0.05, 0.1) is 33.8 Å². The highest BCUT2D eigenvalue weighted by Crippen LogP contribution is 2.24. The zero-order valence-corrected chi connectivity index (χ0v) is 19.4. The average molecular weight is 479 g/mol. The zero-order chi connectivity index (χ0) is 24.5. The molecule has 4 rings (SSSR count). The first-order chi connectivity index (χ1) is 16.2. The summed E-state index contributed by atoms with van der Waals surface area (Å²) in [5.74, 6) is -1.48. The summed E-state index contributed by atoms with van der Waals surface area (Å²) < 4.78 is 32.0. The topological polar surface area (TPSA) is 101 Å². The first kappa shape index (κ1) is 23.2. The monoisotopic (exact) mass is 478 g/mol. The number of benzene rings is 3. The van der Waals surface area contributed by atoms with E-state index in [4.69, 9.17) is 4.74 Å². The lowest BCUT2D eigenvalue weighted by Crippen LogP contribution is -2.33. The van der Waals surface area contributed by atoms with E-state index in [1.807, 2.05) is 6.92 Å². The lowest BCUT2D eigenvalue weighted by atomic mass is 10.1. The lowest BCUT2D eigenvalue weighted by molar-refractivity contribution is 0.0420. The molecular weight excluding hydrogens is 456 g/mol. The van der Waals surface area contributed by atoms with Crippen LogP contribution in [0.5, 0.6) is 0 Å². The van der Waals surface area contributed by atoms with Crippen molar-refractivity contribution in [3.05, 3.63) is 95.1 Å². The van der Waals surface area contributed by atoms with Crippen LogP contribution in [0.2, 0.25) is 0 Å². The maximum Gasteiger partial charge on any atom is 0.338 e. The molecule has 2 amide bonds. The van der Waals surface area contributed by atoms with Crippen molar-refractivity contribution in [2.24, 2.45) is 0 Å². The molecule has 0 fully saturated rings. The van der Waals surface area contributed by atoms with Gasteiger partial charge in [0.2, 0.25) is 0 Å². The quantitative estimate of drug-likeness (QED) is 0.382. The van der Waals surface area contributed by atoms with Crippen molar-refractivity contribution in [3.63, 3.8) is 0 Å². The maximum absolute atomic E-state index is 12.8. The molecule has 34 heavy (non-hydrogen) atoms. The molecule has 0 radical (unpaired) electrons. The molecule has 0 spiro atoms. The second-order valence-electron chi connectivity index (χ2n) is 7.78. The highest BCUT2D eigenvalue weighted by atomic mass is 32.2. The minimum atomic E-state index is -3.75. The van der Waals surface area contributed by atoms with E-state index in [-0.39, 0.29) is 23.6 Å². The smallest absolute Gasteiger partial charge is 0.338 e. The number of fused-ring (bicyclic) bond motifs is 1. The van der Waals surface area contributed by atoms with Gasteiger partial charge in [-0.1, -0.05) is 29.8 Å². The van der Waals surface area contributed by atoms with Crippen LogP contribution in [-0.2, 0) is 14.8 Å². The third-order valence-electron chi connectivity index (χ3n) is 5.57. The van der Waals surface area contributed by atoms with Gasteiger partial charge in [0.1, 0.15) is 6.61 Å². The Morgan fingerprint density at radius 1 is 0.882 bits per heavy atom. The molecule has 0 atom stereocenters. The second kappa shape index (κ2) is 9.11. The summed E-state index contributed by atoms with van der Waals surface area (Å²) in [6, 6.07) is 19.0. The van der Waals surface area contributed by atoms with Gasteiger partial charge >= 0.3 is 5.97 Å². The predicted octanol–water partition coefficient (Wildman–Crippen LogP) is 3.27. The summed E-state index contributed by atoms with van der Waals surface area (Å²) >= 11 is 0. The lowest BCUT2D eigenvalue weighted by Gasteiger charge is -2.20. The number of carbonyl (C=O) groups is 3. The van der Waals surface area contributed by atoms with Crippen LogP contribution in [0.25, 0.3) is 0 Å². The molecule has 1 aliphatic heterocycles. The molecule has 1 aliphatic rings. The Morgan fingerprint density at radius 3 is 2.00 bits per heavy atom. The third-order valence-corrected chi connectivity index (χ3v) is 7.37. The Hall–Kier alpha value is -3.98. The number of rotatable bonds is 7. The number of ether oxygens (including phenoxy) is 1. The van der Waals surface area contributed by atoms with Gasteiger partial charge in [0.15, 0.2) is 0 Å². The summed E-state index contributed by atoms with van der Waals surface area (Å²) in [5.41, 5.74) is 2.21. The number of imide groups is 1. The van der Waals surface area contributed by atoms with E-state index >= 15 is 0 Å². The fraction of sp³-hybridized carbons (Fsp3) is 0.160. The van der Waals surface area contributed by atoms with Gasteiger partial charge in [-0.25, -0.2) is 13.2 Å². The molecule has 1 heterocycles. The Labute approximate surface area is 197 Å². The van der Waals surface area contributed by atoms with Gasteiger partial charge in [0, 0.05) is 7.05 Å². The van der Waals surface area contributed by atoms with Crippen LogP contribution in [0, 0.1) is 6.92 Å². The van der Waals surface area contributed by atoms with E-state index in [1.54, 1.807) is 48.5 Å². The number of hydrogen-bond acceptors (Lipinski definition) is 6. The molecule has 0 aromatic heterocycles. The van der Waals surface area contributed by atoms with Crippen LogP contribution in [0.4, 0.5) is 5.69 Å². The number of anilines is 1. The number of sulfonamides is 1. The van der Waals surface area contributed by atoms with Crippen LogP contribution in [0.3, 0.4) is 0 Å². The van der Waals surface area contributed by atoms with Gasteiger partial charge in [-0.05, 0) is 55.5 Å². The second-order valence-corrected chi connectivity index (χ2v) is 9.75. The molecule has 0 saturated carbocycles. The van der Waals surface area contributed by atoms with Crippen LogP contribution in [0.15, 0.2) is 77.7 Å². The van der Waals surface area contributed by atoms with Crippen molar-refractivity contribution in [1.82, 2.24) is 4.90 Å². The van der Waals surface area contributed by atoms with Gasteiger partial charge in [0.25, 0.3) is 21.8 Å². The van der Waals surface area contributed by atoms with Crippen molar-refractivity contribution in [1.29, 1.82) is 0 Å². The SMILES string of the molecule is Cc1ccc(S(=O)(=O)N(C)c2ccc(C(=O)OCCN3C(=O)c4ccccc4C3=O)cc2)cc1. The highest BCUT2D eigenvalue weighted by molar-refractivity contribution is 7.92. The van der Waals surface area contributed by atoms with Crippen LogP contribution in [0.1, 0.15) is 36.6 Å². The molecule has 3 aromatic rings. The van der Waals surface area contributed by atoms with E-state index in [0.717, 1.165) is 14.8 Å². The molecular formula is C25H22N2O6S. The van der Waals surface area contributed by atoms with Gasteiger partial charge in [-0.15, -0.1) is 0 Å². The molecule has 0 aliphatic carbocycles. The minimum Gasteiger partial charge on any atom is -0.460 e. The fourth-order valence-electron chi connectivity index (χ4n) is 3.57. The van der Waals surface area contributed by atoms with Crippen LogP contribution in [-0.4, -0.2) is 51.3 Å². The first-order valence-electron chi connectivity index (χ1n) is 10.5. The maximum atomic E-state index is 12.8. The number of amides is 2. The van der Waals surface area contributed by atoms with Crippen molar-refractivity contribution in [3.8, 4) is 0 Å². The number of esters is 1. The van der Waals surface area contributed by atoms with E-state index in [0.29, 0.717) is 16.8 Å². The first-order valence-corrected chi connectivity index (χ1v) is 11.9. The van der Waals surface area contributed by atoms with Gasteiger partial charge in [-0.3, -0.25) is 18.8 Å². The number of nitrogens with zero attached hydrogens (tertiary/aromatic N) is 2. The number of carbonyl (C=O) groups excluding carboxylic acids is 3. The van der Waals surface area contributed by atoms with E-state index in [9.17, 15) is 22.8 Å². The predicted molar refractivity (Wildman–Crippen MR) is 125 cm³/mol. The molecule has 0 saturated heterocycles. The number of hydrogen-bond donors (Lipinski definition) is 0. The molecule has 0 N–H and O–H groups in total. The fourth-order valence-corrected chi connectivity index (χ4v) is 4.77. The van der Waals surface area contributed by atoms with Crippen molar-refractivity contribution < 1.29 is 27.5 Å². The zero-order valence-electron chi connectivity index (χ0n) is 18.6. The molecule has 0 unspecified atom stereocenters. The van der Waals surface area contributed by atoms with E-state index < -0.39 is 27.8 Å². The van der Waals surface area contributed by atoms with Gasteiger partial charge in [-0.2, -0.15) is 0 Å². The Balaban J connectivity index is 1.37. The van der Waals surface area contributed by atoms with Crippen molar-refractivity contribution >= 4 is 33.5 Å². The number of aryl methyl sites for hydroxylation is 1. The normalized spacial score (nSPS) is 13.1. The average Bonchev–Trinajstić information content (AvgIpc) is 3.09. The van der Waals surface area contributed by atoms with Crippen molar-refractivity contribution in [2.45, 2.75) is 11.8 Å². The Morgan fingerprint density at radius 2 is 1.44 bits per heavy atom. The van der Waals surface area contributed by atoms with E-state index in [2.05, 4.69) is 0 Å². The minimum absolute atomic E-state index is 0.0618. The Bertz CT molecular complexity index is 1330. The molecule has 8 nitrogen and oxygen atoms in total. The van der Waals surface area contributed by atoms with Crippen LogP contribution < -0.4 is 4.31 Å². The largest absolute Gasteiger partial charge is 0.460 e.